The molecule has 0 aliphatic carbocycles. The number of aliphatic imine (C=N–C) groups is 1. The van der Waals surface area contributed by atoms with Crippen molar-refractivity contribution in [3.63, 3.8) is 0 Å². The van der Waals surface area contributed by atoms with Gasteiger partial charge in [0.1, 0.15) is 5.82 Å². The number of carbonyl (C=O) groups is 1. The molecule has 9 heteroatoms. The number of amides is 1. The number of hydrogen-bond donors (Lipinski definition) is 2. The molecule has 1 unspecified atom stereocenters. The van der Waals surface area contributed by atoms with Gasteiger partial charge in [0.15, 0.2) is 5.96 Å². The minimum atomic E-state index is 0.0788. The highest BCUT2D eigenvalue weighted by molar-refractivity contribution is 7.09. The van der Waals surface area contributed by atoms with Crippen LogP contribution < -0.4 is 15.5 Å². The number of aromatic nitrogens is 2. The first-order valence-electron chi connectivity index (χ1n) is 9.39. The van der Waals surface area contributed by atoms with Crippen molar-refractivity contribution in [3.05, 3.63) is 5.82 Å². The lowest BCUT2D eigenvalue weighted by Crippen LogP contribution is -2.53. The summed E-state index contributed by atoms with van der Waals surface area (Å²) in [6, 6.07) is 0.225. The molecule has 1 aromatic heterocycles. The van der Waals surface area contributed by atoms with Crippen molar-refractivity contribution in [2.75, 3.05) is 44.7 Å². The first kappa shape index (κ1) is 20.4. The molecule has 1 aromatic rings. The van der Waals surface area contributed by atoms with E-state index in [0.717, 1.165) is 55.9 Å². The van der Waals surface area contributed by atoms with Gasteiger partial charge in [0.25, 0.3) is 0 Å². The topological polar surface area (TPSA) is 85.8 Å². The molecule has 0 saturated carbocycles. The number of guanidine groups is 1. The van der Waals surface area contributed by atoms with Gasteiger partial charge in [0, 0.05) is 70.2 Å². The van der Waals surface area contributed by atoms with E-state index < -0.39 is 0 Å². The number of nitrogens with one attached hydrogen (secondary N) is 2. The fourth-order valence-electron chi connectivity index (χ4n) is 2.70. The highest BCUT2D eigenvalue weighted by Gasteiger charge is 2.22. The minimum Gasteiger partial charge on any atom is -0.356 e. The van der Waals surface area contributed by atoms with E-state index in [-0.39, 0.29) is 11.9 Å². The summed E-state index contributed by atoms with van der Waals surface area (Å²) in [6.07, 6.45) is 2.27. The molecule has 0 bridgehead atoms. The van der Waals surface area contributed by atoms with Gasteiger partial charge in [-0.3, -0.25) is 9.79 Å². The summed E-state index contributed by atoms with van der Waals surface area (Å²) in [7, 11) is 1.78. The molecule has 0 spiro atoms. The number of piperazine rings is 1. The fourth-order valence-corrected chi connectivity index (χ4v) is 3.50. The van der Waals surface area contributed by atoms with E-state index in [4.69, 9.17) is 0 Å². The normalized spacial score (nSPS) is 16.5. The van der Waals surface area contributed by atoms with E-state index in [1.807, 2.05) is 6.92 Å². The fraction of sp³-hybridized carbons (Fsp3) is 0.765. The smallest absolute Gasteiger partial charge is 0.221 e. The van der Waals surface area contributed by atoms with Crippen LogP contribution in [0.1, 0.15) is 39.4 Å². The summed E-state index contributed by atoms with van der Waals surface area (Å²) in [4.78, 5) is 25.3. The van der Waals surface area contributed by atoms with E-state index in [2.05, 4.69) is 48.6 Å². The van der Waals surface area contributed by atoms with Crippen LogP contribution in [0.3, 0.4) is 0 Å². The average Bonchev–Trinajstić information content (AvgIpc) is 3.14. The number of carbonyl (C=O) groups excluding carboxylic acids is 1. The Bertz CT molecular complexity index is 596. The third kappa shape index (κ3) is 5.82. The van der Waals surface area contributed by atoms with Crippen LogP contribution in [0.2, 0.25) is 0 Å². The second-order valence-electron chi connectivity index (χ2n) is 6.42. The van der Waals surface area contributed by atoms with Crippen LogP contribution in [0.25, 0.3) is 0 Å². The zero-order valence-corrected chi connectivity index (χ0v) is 17.1. The number of aryl methyl sites for hydroxylation is 1. The molecular formula is C17H31N7OS. The van der Waals surface area contributed by atoms with Gasteiger partial charge in [-0.05, 0) is 13.3 Å². The van der Waals surface area contributed by atoms with Gasteiger partial charge in [-0.15, -0.1) is 0 Å². The zero-order valence-electron chi connectivity index (χ0n) is 16.3. The third-order valence-corrected chi connectivity index (χ3v) is 5.30. The van der Waals surface area contributed by atoms with Crippen molar-refractivity contribution in [1.82, 2.24) is 24.9 Å². The van der Waals surface area contributed by atoms with E-state index in [1.54, 1.807) is 7.05 Å². The summed E-state index contributed by atoms with van der Waals surface area (Å²) in [5.41, 5.74) is 0. The van der Waals surface area contributed by atoms with Gasteiger partial charge in [-0.2, -0.15) is 4.37 Å². The van der Waals surface area contributed by atoms with Gasteiger partial charge in [-0.25, -0.2) is 4.98 Å². The van der Waals surface area contributed by atoms with Crippen LogP contribution in [0.15, 0.2) is 4.99 Å². The molecule has 0 aromatic carbocycles. The Balaban J connectivity index is 1.75. The third-order valence-electron chi connectivity index (χ3n) is 4.49. The molecule has 2 heterocycles. The van der Waals surface area contributed by atoms with Crippen molar-refractivity contribution in [2.24, 2.45) is 4.99 Å². The highest BCUT2D eigenvalue weighted by atomic mass is 32.1. The predicted octanol–water partition coefficient (Wildman–Crippen LogP) is 1.10. The number of nitrogens with zero attached hydrogens (tertiary/aromatic N) is 5. The maximum Gasteiger partial charge on any atom is 0.221 e. The van der Waals surface area contributed by atoms with Crippen molar-refractivity contribution >= 4 is 28.5 Å². The molecule has 2 rings (SSSR count). The molecule has 1 saturated heterocycles. The SMILES string of the molecule is CCc1nsc(N2CCN(C(=NC)NCCC(=O)NC(C)CC)CC2)n1. The Morgan fingerprint density at radius 3 is 2.62 bits per heavy atom. The average molecular weight is 382 g/mol. The Morgan fingerprint density at radius 2 is 2.04 bits per heavy atom. The Morgan fingerprint density at radius 1 is 1.31 bits per heavy atom. The molecule has 1 atom stereocenters. The van der Waals surface area contributed by atoms with Gasteiger partial charge in [-0.1, -0.05) is 13.8 Å². The number of hydrogen-bond acceptors (Lipinski definition) is 6. The van der Waals surface area contributed by atoms with E-state index in [1.165, 1.54) is 11.5 Å². The lowest BCUT2D eigenvalue weighted by molar-refractivity contribution is -0.121. The van der Waals surface area contributed by atoms with Crippen LogP contribution in [0, 0.1) is 0 Å². The standard InChI is InChI=1S/C17H31N7OS/c1-5-13(3)20-15(25)7-8-19-16(18-4)23-9-11-24(12-10-23)17-21-14(6-2)22-26-17/h13H,5-12H2,1-4H3,(H,18,19)(H,20,25). The summed E-state index contributed by atoms with van der Waals surface area (Å²) in [5, 5.41) is 7.29. The maximum atomic E-state index is 11.9. The molecule has 26 heavy (non-hydrogen) atoms. The lowest BCUT2D eigenvalue weighted by Gasteiger charge is -2.36. The summed E-state index contributed by atoms with van der Waals surface area (Å²) in [5.74, 6) is 1.85. The number of anilines is 1. The molecule has 1 aliphatic rings. The number of rotatable bonds is 7. The molecule has 146 valence electrons. The molecule has 8 nitrogen and oxygen atoms in total. The Kier molecular flexibility index (Phi) is 8.08. The lowest BCUT2D eigenvalue weighted by atomic mass is 10.2. The van der Waals surface area contributed by atoms with Crippen LogP contribution in [0.4, 0.5) is 5.13 Å². The van der Waals surface area contributed by atoms with E-state index >= 15 is 0 Å². The van der Waals surface area contributed by atoms with Crippen LogP contribution >= 0.6 is 11.5 Å². The van der Waals surface area contributed by atoms with Crippen molar-refractivity contribution in [1.29, 1.82) is 0 Å². The quantitative estimate of drug-likeness (QED) is 0.543. The van der Waals surface area contributed by atoms with Crippen molar-refractivity contribution < 1.29 is 4.79 Å². The predicted molar refractivity (Wildman–Crippen MR) is 107 cm³/mol. The summed E-state index contributed by atoms with van der Waals surface area (Å²) in [6.45, 7) is 10.3. The molecule has 1 fully saturated rings. The van der Waals surface area contributed by atoms with Gasteiger partial charge >= 0.3 is 0 Å². The van der Waals surface area contributed by atoms with Crippen molar-refractivity contribution in [2.45, 2.75) is 46.1 Å². The van der Waals surface area contributed by atoms with Crippen LogP contribution in [-0.4, -0.2) is 71.9 Å². The van der Waals surface area contributed by atoms with Crippen molar-refractivity contribution in [3.8, 4) is 0 Å². The van der Waals surface area contributed by atoms with Gasteiger partial charge < -0.3 is 20.4 Å². The second-order valence-corrected chi connectivity index (χ2v) is 7.15. The molecule has 1 aliphatic heterocycles. The monoisotopic (exact) mass is 381 g/mol. The largest absolute Gasteiger partial charge is 0.356 e. The van der Waals surface area contributed by atoms with Crippen LogP contribution in [0.5, 0.6) is 0 Å². The van der Waals surface area contributed by atoms with Crippen LogP contribution in [-0.2, 0) is 11.2 Å². The van der Waals surface area contributed by atoms with Gasteiger partial charge in [0.2, 0.25) is 11.0 Å². The van der Waals surface area contributed by atoms with Gasteiger partial charge in [0.05, 0.1) is 0 Å². The molecule has 2 N–H and O–H groups in total. The molecule has 1 amide bonds. The van der Waals surface area contributed by atoms with E-state index in [9.17, 15) is 4.79 Å². The second kappa shape index (κ2) is 10.3. The maximum absolute atomic E-state index is 11.9. The highest BCUT2D eigenvalue weighted by Crippen LogP contribution is 2.19. The Labute approximate surface area is 160 Å². The first-order valence-corrected chi connectivity index (χ1v) is 10.2. The zero-order chi connectivity index (χ0) is 18.9. The molecule has 0 radical (unpaired) electrons. The van der Waals surface area contributed by atoms with E-state index in [0.29, 0.717) is 13.0 Å². The Hall–Kier alpha value is -1.90. The summed E-state index contributed by atoms with van der Waals surface area (Å²) >= 11 is 1.48. The summed E-state index contributed by atoms with van der Waals surface area (Å²) < 4.78 is 4.37. The minimum absolute atomic E-state index is 0.0788. The molecular weight excluding hydrogens is 350 g/mol. The first-order chi connectivity index (χ1) is 12.6.